The van der Waals surface area contributed by atoms with Crippen LogP contribution in [0.3, 0.4) is 0 Å². The molecule has 2 fully saturated rings. The van der Waals surface area contributed by atoms with E-state index in [4.69, 9.17) is 14.5 Å². The van der Waals surface area contributed by atoms with Crippen LogP contribution in [-0.4, -0.2) is 42.1 Å². The first kappa shape index (κ1) is 19.8. The summed E-state index contributed by atoms with van der Waals surface area (Å²) in [6.45, 7) is 2.47. The molecule has 2 aromatic heterocycles. The number of rotatable bonds is 7. The molecule has 2 aromatic rings. The zero-order chi connectivity index (χ0) is 19.5. The first-order valence-corrected chi connectivity index (χ1v) is 11.1. The molecular weight excluding hydrogens is 372 g/mol. The van der Waals surface area contributed by atoms with Gasteiger partial charge in [0.2, 0.25) is 0 Å². The second-order valence-electron chi connectivity index (χ2n) is 8.19. The van der Waals surface area contributed by atoms with Gasteiger partial charge in [0.15, 0.2) is 0 Å². The van der Waals surface area contributed by atoms with Crippen molar-refractivity contribution in [2.75, 3.05) is 20.3 Å². The van der Waals surface area contributed by atoms with Crippen molar-refractivity contribution in [1.29, 1.82) is 0 Å². The third-order valence-corrected chi connectivity index (χ3v) is 7.29. The van der Waals surface area contributed by atoms with Gasteiger partial charge < -0.3 is 19.9 Å². The average Bonchev–Trinajstić information content (AvgIpc) is 3.32. The van der Waals surface area contributed by atoms with Crippen molar-refractivity contribution in [3.05, 3.63) is 46.4 Å². The minimum absolute atomic E-state index is 0.00386. The quantitative estimate of drug-likeness (QED) is 0.692. The van der Waals surface area contributed by atoms with E-state index in [1.807, 2.05) is 18.3 Å². The van der Waals surface area contributed by atoms with Gasteiger partial charge in [-0.05, 0) is 62.2 Å². The first-order valence-electron chi connectivity index (χ1n) is 10.2. The van der Waals surface area contributed by atoms with Crippen LogP contribution in [0.4, 0.5) is 0 Å². The molecule has 1 saturated carbocycles. The molecule has 0 bridgehead atoms. The van der Waals surface area contributed by atoms with Crippen LogP contribution < -0.4 is 10.1 Å². The summed E-state index contributed by atoms with van der Waals surface area (Å²) >= 11 is 1.72. The van der Waals surface area contributed by atoms with Gasteiger partial charge in [-0.2, -0.15) is 0 Å². The van der Waals surface area contributed by atoms with E-state index in [0.717, 1.165) is 69.7 Å². The smallest absolute Gasteiger partial charge is 0.134 e. The van der Waals surface area contributed by atoms with E-state index in [1.165, 1.54) is 4.88 Å². The number of nitrogens with zero attached hydrogens (tertiary/aromatic N) is 1. The summed E-state index contributed by atoms with van der Waals surface area (Å²) in [6, 6.07) is 8.24. The first-order chi connectivity index (χ1) is 13.6. The molecule has 1 aliphatic carbocycles. The predicted molar refractivity (Wildman–Crippen MR) is 111 cm³/mol. The fourth-order valence-corrected chi connectivity index (χ4v) is 5.79. The van der Waals surface area contributed by atoms with Crippen LogP contribution in [0.15, 0.2) is 35.8 Å². The Morgan fingerprint density at radius 3 is 3.04 bits per heavy atom. The van der Waals surface area contributed by atoms with Crippen LogP contribution >= 0.6 is 11.3 Å². The summed E-state index contributed by atoms with van der Waals surface area (Å²) < 4.78 is 11.7. The third-order valence-electron chi connectivity index (χ3n) is 6.39. The summed E-state index contributed by atoms with van der Waals surface area (Å²) in [5.74, 6) is 0.960. The number of methoxy groups -OCH3 is 1. The standard InChI is InChI=1S/C22H30N2O3S/c1-26-18-6-13-28-19(18)15-23-11-8-21(20-4-2-3-10-24-20)9-12-27-22(16-21)7-5-17(25)14-22/h2-4,6,10,13,17,23,25H,5,7-9,11-12,14-16H2,1H3/t17-,21+,22-/m0/s1. The average molecular weight is 403 g/mol. The highest BCUT2D eigenvalue weighted by Crippen LogP contribution is 2.49. The number of nitrogens with one attached hydrogen (secondary N) is 1. The molecule has 0 unspecified atom stereocenters. The van der Waals surface area contributed by atoms with Crippen molar-refractivity contribution in [2.24, 2.45) is 0 Å². The van der Waals surface area contributed by atoms with E-state index in [0.29, 0.717) is 0 Å². The van der Waals surface area contributed by atoms with Gasteiger partial charge in [-0.1, -0.05) is 6.07 Å². The van der Waals surface area contributed by atoms with Crippen LogP contribution in [0.2, 0.25) is 0 Å². The Kier molecular flexibility index (Phi) is 6.01. The van der Waals surface area contributed by atoms with Crippen LogP contribution in [0, 0.1) is 0 Å². The molecule has 1 aliphatic heterocycles. The lowest BCUT2D eigenvalue weighted by molar-refractivity contribution is -0.109. The van der Waals surface area contributed by atoms with Gasteiger partial charge >= 0.3 is 0 Å². The normalized spacial score (nSPS) is 30.0. The summed E-state index contributed by atoms with van der Waals surface area (Å²) in [7, 11) is 1.72. The van der Waals surface area contributed by atoms with Gasteiger partial charge in [0.25, 0.3) is 0 Å². The maximum absolute atomic E-state index is 10.1. The van der Waals surface area contributed by atoms with E-state index < -0.39 is 0 Å². The van der Waals surface area contributed by atoms with E-state index in [1.54, 1.807) is 18.4 Å². The summed E-state index contributed by atoms with van der Waals surface area (Å²) in [4.78, 5) is 5.97. The second kappa shape index (κ2) is 8.49. The Hall–Kier alpha value is -1.47. The molecule has 0 amide bonds. The number of pyridine rings is 1. The third kappa shape index (κ3) is 4.10. The minimum Gasteiger partial charge on any atom is -0.496 e. The lowest BCUT2D eigenvalue weighted by atomic mass is 9.68. The van der Waals surface area contributed by atoms with Gasteiger partial charge in [0, 0.05) is 36.9 Å². The highest BCUT2D eigenvalue weighted by molar-refractivity contribution is 7.10. The Morgan fingerprint density at radius 1 is 1.36 bits per heavy atom. The predicted octanol–water partition coefficient (Wildman–Crippen LogP) is 3.66. The number of aliphatic hydroxyl groups excluding tert-OH is 1. The molecule has 0 radical (unpaired) electrons. The molecule has 1 saturated heterocycles. The van der Waals surface area contributed by atoms with E-state index in [9.17, 15) is 5.11 Å². The largest absolute Gasteiger partial charge is 0.496 e. The molecule has 3 heterocycles. The molecule has 2 aliphatic rings. The van der Waals surface area contributed by atoms with Crippen molar-refractivity contribution in [3.63, 3.8) is 0 Å². The van der Waals surface area contributed by atoms with Gasteiger partial charge in [-0.15, -0.1) is 11.3 Å². The molecule has 2 N–H and O–H groups in total. The fraction of sp³-hybridized carbons (Fsp3) is 0.591. The zero-order valence-corrected chi connectivity index (χ0v) is 17.3. The van der Waals surface area contributed by atoms with E-state index >= 15 is 0 Å². The molecule has 4 rings (SSSR count). The Balaban J connectivity index is 1.47. The monoisotopic (exact) mass is 402 g/mol. The van der Waals surface area contributed by atoms with Gasteiger partial charge in [-0.25, -0.2) is 0 Å². The number of thiophene rings is 1. The number of ether oxygens (including phenoxy) is 2. The van der Waals surface area contributed by atoms with E-state index in [-0.39, 0.29) is 17.1 Å². The van der Waals surface area contributed by atoms with Crippen molar-refractivity contribution in [3.8, 4) is 5.75 Å². The van der Waals surface area contributed by atoms with Crippen LogP contribution in [0.1, 0.15) is 49.1 Å². The lowest BCUT2D eigenvalue weighted by Crippen LogP contribution is -2.47. The highest BCUT2D eigenvalue weighted by atomic mass is 32.1. The summed E-state index contributed by atoms with van der Waals surface area (Å²) in [5.41, 5.74) is 0.969. The SMILES string of the molecule is COc1ccsc1CNCC[C@@]1(c2ccccn2)CCO[C@]2(CC[C@H](O)C2)C1. The number of aromatic nitrogens is 1. The number of hydrogen-bond donors (Lipinski definition) is 2. The molecule has 5 nitrogen and oxygen atoms in total. The van der Waals surface area contributed by atoms with Crippen LogP contribution in [-0.2, 0) is 16.7 Å². The summed E-state index contributed by atoms with van der Waals surface area (Å²) in [5, 5.41) is 15.8. The Bertz CT molecular complexity index is 764. The van der Waals surface area contributed by atoms with Gasteiger partial charge in [0.1, 0.15) is 5.75 Å². The van der Waals surface area contributed by atoms with Crippen molar-refractivity contribution < 1.29 is 14.6 Å². The zero-order valence-electron chi connectivity index (χ0n) is 16.5. The summed E-state index contributed by atoms with van der Waals surface area (Å²) in [6.07, 6.45) is 7.14. The van der Waals surface area contributed by atoms with Gasteiger partial charge in [0.05, 0.1) is 23.7 Å². The molecule has 28 heavy (non-hydrogen) atoms. The van der Waals surface area contributed by atoms with Crippen molar-refractivity contribution in [1.82, 2.24) is 10.3 Å². The Morgan fingerprint density at radius 2 is 2.29 bits per heavy atom. The number of aliphatic hydroxyl groups is 1. The molecule has 6 heteroatoms. The van der Waals surface area contributed by atoms with E-state index in [2.05, 4.69) is 22.8 Å². The van der Waals surface area contributed by atoms with Crippen molar-refractivity contribution >= 4 is 11.3 Å². The molecular formula is C22H30N2O3S. The fourth-order valence-electron chi connectivity index (χ4n) is 4.98. The highest BCUT2D eigenvalue weighted by Gasteiger charge is 2.50. The van der Waals surface area contributed by atoms with Crippen LogP contribution in [0.5, 0.6) is 5.75 Å². The minimum atomic E-state index is -0.232. The molecule has 152 valence electrons. The van der Waals surface area contributed by atoms with Crippen molar-refractivity contribution in [2.45, 2.75) is 62.2 Å². The second-order valence-corrected chi connectivity index (χ2v) is 9.19. The lowest BCUT2D eigenvalue weighted by Gasteiger charge is -2.46. The Labute approximate surface area is 171 Å². The number of hydrogen-bond acceptors (Lipinski definition) is 6. The maximum atomic E-state index is 10.1. The van der Waals surface area contributed by atoms with Crippen LogP contribution in [0.25, 0.3) is 0 Å². The topological polar surface area (TPSA) is 63.6 Å². The molecule has 3 atom stereocenters. The maximum Gasteiger partial charge on any atom is 0.134 e. The van der Waals surface area contributed by atoms with Gasteiger partial charge in [-0.3, -0.25) is 4.98 Å². The molecule has 0 aromatic carbocycles. The molecule has 1 spiro atoms.